The zero-order chi connectivity index (χ0) is 11.2. The SMILES string of the molecule is Cl.Cl.O=C(NCCC1CCNC1)c1ccncc1. The molecule has 1 atom stereocenters. The van der Waals surface area contributed by atoms with Crippen molar-refractivity contribution in [3.05, 3.63) is 30.1 Å². The molecule has 0 saturated carbocycles. The van der Waals surface area contributed by atoms with Crippen molar-refractivity contribution < 1.29 is 4.79 Å². The van der Waals surface area contributed by atoms with Crippen LogP contribution in [0, 0.1) is 5.92 Å². The first-order valence-corrected chi connectivity index (χ1v) is 5.75. The van der Waals surface area contributed by atoms with Crippen LogP contribution in [0.5, 0.6) is 0 Å². The summed E-state index contributed by atoms with van der Waals surface area (Å²) in [5.41, 5.74) is 0.680. The molecule has 1 aromatic heterocycles. The summed E-state index contributed by atoms with van der Waals surface area (Å²) in [7, 11) is 0. The van der Waals surface area contributed by atoms with Crippen molar-refractivity contribution in [1.29, 1.82) is 0 Å². The maximum atomic E-state index is 11.7. The van der Waals surface area contributed by atoms with Crippen LogP contribution in [-0.4, -0.2) is 30.5 Å². The first kappa shape index (κ1) is 17.2. The second-order valence-corrected chi connectivity index (χ2v) is 4.14. The van der Waals surface area contributed by atoms with Gasteiger partial charge >= 0.3 is 0 Å². The Morgan fingerprint density at radius 2 is 2.11 bits per heavy atom. The van der Waals surface area contributed by atoms with Crippen molar-refractivity contribution in [1.82, 2.24) is 15.6 Å². The summed E-state index contributed by atoms with van der Waals surface area (Å²) in [6, 6.07) is 3.46. The molecule has 1 aliphatic heterocycles. The van der Waals surface area contributed by atoms with Gasteiger partial charge in [0.05, 0.1) is 0 Å². The third-order valence-corrected chi connectivity index (χ3v) is 2.94. The molecule has 0 aromatic carbocycles. The van der Waals surface area contributed by atoms with Gasteiger partial charge in [0.2, 0.25) is 0 Å². The van der Waals surface area contributed by atoms with Crippen molar-refractivity contribution >= 4 is 30.7 Å². The van der Waals surface area contributed by atoms with E-state index in [0.717, 1.165) is 32.0 Å². The zero-order valence-corrected chi connectivity index (χ0v) is 11.7. The first-order chi connectivity index (χ1) is 7.86. The predicted octanol–water partition coefficient (Wildman–Crippen LogP) is 1.65. The summed E-state index contributed by atoms with van der Waals surface area (Å²) in [4.78, 5) is 15.5. The van der Waals surface area contributed by atoms with E-state index in [-0.39, 0.29) is 30.7 Å². The van der Waals surface area contributed by atoms with Gasteiger partial charge in [0, 0.05) is 24.5 Å². The standard InChI is InChI=1S/C12H17N3O.2ClH/c16-12(11-3-6-13-7-4-11)15-8-2-10-1-5-14-9-10;;/h3-4,6-7,10,14H,1-2,5,8-9H2,(H,15,16);2*1H. The fourth-order valence-electron chi connectivity index (χ4n) is 1.96. The lowest BCUT2D eigenvalue weighted by atomic mass is 10.1. The Morgan fingerprint density at radius 1 is 1.39 bits per heavy atom. The lowest BCUT2D eigenvalue weighted by Gasteiger charge is -2.09. The van der Waals surface area contributed by atoms with Crippen LogP contribution in [0.3, 0.4) is 0 Å². The van der Waals surface area contributed by atoms with E-state index in [4.69, 9.17) is 0 Å². The van der Waals surface area contributed by atoms with Gasteiger partial charge in [-0.15, -0.1) is 24.8 Å². The topological polar surface area (TPSA) is 54.0 Å². The van der Waals surface area contributed by atoms with Gasteiger partial charge in [-0.1, -0.05) is 0 Å². The van der Waals surface area contributed by atoms with E-state index >= 15 is 0 Å². The minimum absolute atomic E-state index is 0. The summed E-state index contributed by atoms with van der Waals surface area (Å²) >= 11 is 0. The number of hydrogen-bond donors (Lipinski definition) is 2. The van der Waals surface area contributed by atoms with Crippen LogP contribution in [0.1, 0.15) is 23.2 Å². The largest absolute Gasteiger partial charge is 0.352 e. The highest BCUT2D eigenvalue weighted by Gasteiger charge is 2.14. The maximum absolute atomic E-state index is 11.7. The second kappa shape index (κ2) is 9.14. The third-order valence-electron chi connectivity index (χ3n) is 2.94. The first-order valence-electron chi connectivity index (χ1n) is 5.75. The summed E-state index contributed by atoms with van der Waals surface area (Å²) < 4.78 is 0. The second-order valence-electron chi connectivity index (χ2n) is 4.14. The highest BCUT2D eigenvalue weighted by molar-refractivity contribution is 5.93. The van der Waals surface area contributed by atoms with Crippen molar-refractivity contribution in [2.45, 2.75) is 12.8 Å². The van der Waals surface area contributed by atoms with Crippen LogP contribution >= 0.6 is 24.8 Å². The molecule has 2 N–H and O–H groups in total. The Kier molecular flexibility index (Phi) is 8.71. The monoisotopic (exact) mass is 291 g/mol. The number of carbonyl (C=O) groups excluding carboxylic acids is 1. The van der Waals surface area contributed by atoms with Gasteiger partial charge in [-0.3, -0.25) is 9.78 Å². The van der Waals surface area contributed by atoms with Gasteiger partial charge in [0.1, 0.15) is 0 Å². The van der Waals surface area contributed by atoms with Crippen molar-refractivity contribution in [2.75, 3.05) is 19.6 Å². The van der Waals surface area contributed by atoms with Crippen LogP contribution in [0.15, 0.2) is 24.5 Å². The number of rotatable bonds is 4. The normalized spacial score (nSPS) is 17.4. The fraction of sp³-hybridized carbons (Fsp3) is 0.500. The molecule has 102 valence electrons. The number of amides is 1. The highest BCUT2D eigenvalue weighted by atomic mass is 35.5. The average Bonchev–Trinajstić information content (AvgIpc) is 2.83. The number of aromatic nitrogens is 1. The quantitative estimate of drug-likeness (QED) is 0.887. The molecule has 1 saturated heterocycles. The van der Waals surface area contributed by atoms with Gasteiger partial charge in [-0.2, -0.15) is 0 Å². The maximum Gasteiger partial charge on any atom is 0.251 e. The molecule has 0 aliphatic carbocycles. The average molecular weight is 292 g/mol. The Morgan fingerprint density at radius 3 is 2.72 bits per heavy atom. The molecule has 1 amide bonds. The van der Waals surface area contributed by atoms with E-state index in [1.165, 1.54) is 6.42 Å². The van der Waals surface area contributed by atoms with E-state index in [2.05, 4.69) is 15.6 Å². The summed E-state index contributed by atoms with van der Waals surface area (Å²) in [5.74, 6) is 0.714. The molecule has 2 heterocycles. The van der Waals surface area contributed by atoms with Crippen LogP contribution in [0.25, 0.3) is 0 Å². The summed E-state index contributed by atoms with van der Waals surface area (Å²) in [6.45, 7) is 2.96. The number of nitrogens with zero attached hydrogens (tertiary/aromatic N) is 1. The van der Waals surface area contributed by atoms with Crippen LogP contribution in [-0.2, 0) is 0 Å². The van der Waals surface area contributed by atoms with E-state index in [0.29, 0.717) is 5.56 Å². The molecule has 4 nitrogen and oxygen atoms in total. The smallest absolute Gasteiger partial charge is 0.251 e. The van der Waals surface area contributed by atoms with Crippen molar-refractivity contribution in [3.63, 3.8) is 0 Å². The van der Waals surface area contributed by atoms with E-state index < -0.39 is 0 Å². The number of halogens is 2. The van der Waals surface area contributed by atoms with E-state index in [9.17, 15) is 4.79 Å². The van der Waals surface area contributed by atoms with E-state index in [1.807, 2.05) is 0 Å². The predicted molar refractivity (Wildman–Crippen MR) is 76.7 cm³/mol. The van der Waals surface area contributed by atoms with Gasteiger partial charge in [-0.05, 0) is 44.0 Å². The fourth-order valence-corrected chi connectivity index (χ4v) is 1.96. The number of pyridine rings is 1. The number of hydrogen-bond acceptors (Lipinski definition) is 3. The third kappa shape index (κ3) is 5.21. The summed E-state index contributed by atoms with van der Waals surface area (Å²) in [5, 5.41) is 6.25. The molecule has 0 spiro atoms. The zero-order valence-electron chi connectivity index (χ0n) is 10.1. The summed E-state index contributed by atoms with van der Waals surface area (Å²) in [6.07, 6.45) is 5.56. The molecule has 2 rings (SSSR count). The van der Waals surface area contributed by atoms with Gasteiger partial charge in [0.25, 0.3) is 5.91 Å². The number of carbonyl (C=O) groups is 1. The van der Waals surface area contributed by atoms with Gasteiger partial charge in [0.15, 0.2) is 0 Å². The van der Waals surface area contributed by atoms with Gasteiger partial charge in [-0.25, -0.2) is 0 Å². The van der Waals surface area contributed by atoms with Crippen LogP contribution < -0.4 is 10.6 Å². The molecule has 1 aliphatic rings. The Bertz CT molecular complexity index is 342. The minimum atomic E-state index is -0.00615. The molecule has 0 radical (unpaired) electrons. The lowest BCUT2D eigenvalue weighted by Crippen LogP contribution is -2.26. The molecule has 1 unspecified atom stereocenters. The molecule has 1 fully saturated rings. The van der Waals surface area contributed by atoms with E-state index in [1.54, 1.807) is 24.5 Å². The minimum Gasteiger partial charge on any atom is -0.352 e. The number of nitrogens with one attached hydrogen (secondary N) is 2. The molecule has 18 heavy (non-hydrogen) atoms. The lowest BCUT2D eigenvalue weighted by molar-refractivity contribution is 0.0951. The van der Waals surface area contributed by atoms with Crippen molar-refractivity contribution in [3.8, 4) is 0 Å². The van der Waals surface area contributed by atoms with Gasteiger partial charge < -0.3 is 10.6 Å². The molecule has 0 bridgehead atoms. The Balaban J connectivity index is 0.00000144. The molecule has 1 aromatic rings. The molecular weight excluding hydrogens is 273 g/mol. The molecular formula is C12H19Cl2N3O. The van der Waals surface area contributed by atoms with Crippen LogP contribution in [0.2, 0.25) is 0 Å². The van der Waals surface area contributed by atoms with Crippen molar-refractivity contribution in [2.24, 2.45) is 5.92 Å². The Labute approximate surface area is 120 Å². The molecule has 6 heteroatoms. The highest BCUT2D eigenvalue weighted by Crippen LogP contribution is 2.10. The Hall–Kier alpha value is -0.840. The van der Waals surface area contributed by atoms with Crippen LogP contribution in [0.4, 0.5) is 0 Å².